The minimum absolute atomic E-state index is 0.102. The maximum Gasteiger partial charge on any atom is 0.308 e. The molecule has 0 fully saturated rings. The number of anilines is 1. The molecule has 0 aromatic heterocycles. The Bertz CT molecular complexity index is 791. The van der Waals surface area contributed by atoms with E-state index in [0.29, 0.717) is 10.2 Å². The van der Waals surface area contributed by atoms with Gasteiger partial charge in [-0.25, -0.2) is 0 Å². The van der Waals surface area contributed by atoms with E-state index in [9.17, 15) is 19.7 Å². The topological polar surface area (TPSA) is 98.5 Å². The molecule has 0 unspecified atom stereocenters. The standard InChI is InChI=1S/C15H11BrN2O5/c1-9(19)23-14-5-3-2-4-11(14)15(20)17-13-7-6-10(18(21)22)8-12(13)16/h2-8H,1H3,(H,17,20). The Morgan fingerprint density at radius 3 is 2.52 bits per heavy atom. The average Bonchev–Trinajstić information content (AvgIpc) is 2.49. The van der Waals surface area contributed by atoms with Gasteiger partial charge in [0.1, 0.15) is 5.75 Å². The second-order valence-electron chi connectivity index (χ2n) is 4.47. The van der Waals surface area contributed by atoms with Crippen LogP contribution in [0.1, 0.15) is 17.3 Å². The van der Waals surface area contributed by atoms with Crippen LogP contribution in [-0.4, -0.2) is 16.8 Å². The van der Waals surface area contributed by atoms with E-state index in [-0.39, 0.29) is 17.0 Å². The van der Waals surface area contributed by atoms with Gasteiger partial charge in [0.25, 0.3) is 11.6 Å². The molecule has 0 heterocycles. The minimum Gasteiger partial charge on any atom is -0.426 e. The summed E-state index contributed by atoms with van der Waals surface area (Å²) in [6.45, 7) is 1.24. The van der Waals surface area contributed by atoms with Crippen LogP contribution in [0.25, 0.3) is 0 Å². The Labute approximate surface area is 139 Å². The van der Waals surface area contributed by atoms with E-state index in [1.54, 1.807) is 12.1 Å². The summed E-state index contributed by atoms with van der Waals surface area (Å²) in [7, 11) is 0. The summed E-state index contributed by atoms with van der Waals surface area (Å²) in [6.07, 6.45) is 0. The number of para-hydroxylation sites is 1. The molecule has 1 amide bonds. The van der Waals surface area contributed by atoms with Gasteiger partial charge in [0.05, 0.1) is 16.2 Å². The number of halogens is 1. The predicted octanol–water partition coefficient (Wildman–Crippen LogP) is 3.53. The fourth-order valence-electron chi connectivity index (χ4n) is 1.81. The molecule has 0 aliphatic heterocycles. The molecule has 8 heteroatoms. The summed E-state index contributed by atoms with van der Waals surface area (Å²) < 4.78 is 5.35. The Morgan fingerprint density at radius 1 is 1.22 bits per heavy atom. The first-order valence-corrected chi connectivity index (χ1v) is 7.20. The van der Waals surface area contributed by atoms with Crippen molar-refractivity contribution in [2.24, 2.45) is 0 Å². The third kappa shape index (κ3) is 4.13. The monoisotopic (exact) mass is 378 g/mol. The van der Waals surface area contributed by atoms with Crippen molar-refractivity contribution in [2.75, 3.05) is 5.32 Å². The van der Waals surface area contributed by atoms with Crippen LogP contribution in [0.15, 0.2) is 46.9 Å². The second-order valence-corrected chi connectivity index (χ2v) is 5.32. The van der Waals surface area contributed by atoms with Gasteiger partial charge in [0, 0.05) is 23.5 Å². The van der Waals surface area contributed by atoms with Crippen molar-refractivity contribution in [3.05, 3.63) is 62.6 Å². The van der Waals surface area contributed by atoms with Gasteiger partial charge >= 0.3 is 5.97 Å². The van der Waals surface area contributed by atoms with Crippen LogP contribution in [0.4, 0.5) is 11.4 Å². The number of non-ortho nitro benzene ring substituents is 1. The number of benzene rings is 2. The van der Waals surface area contributed by atoms with Crippen molar-refractivity contribution >= 4 is 39.2 Å². The first-order chi connectivity index (χ1) is 10.9. The lowest BCUT2D eigenvalue weighted by molar-refractivity contribution is -0.384. The van der Waals surface area contributed by atoms with E-state index in [1.165, 1.54) is 37.3 Å². The molecule has 0 radical (unpaired) electrons. The summed E-state index contributed by atoms with van der Waals surface area (Å²) >= 11 is 3.17. The van der Waals surface area contributed by atoms with Crippen molar-refractivity contribution in [3.8, 4) is 5.75 Å². The van der Waals surface area contributed by atoms with Crippen LogP contribution in [0.5, 0.6) is 5.75 Å². The zero-order valence-electron chi connectivity index (χ0n) is 11.9. The van der Waals surface area contributed by atoms with Crippen LogP contribution in [0.3, 0.4) is 0 Å². The zero-order chi connectivity index (χ0) is 17.0. The van der Waals surface area contributed by atoms with E-state index in [2.05, 4.69) is 21.2 Å². The van der Waals surface area contributed by atoms with Gasteiger partial charge in [-0.2, -0.15) is 0 Å². The number of hydrogen-bond donors (Lipinski definition) is 1. The van der Waals surface area contributed by atoms with Crippen LogP contribution in [-0.2, 0) is 4.79 Å². The second kappa shape index (κ2) is 7.01. The average molecular weight is 379 g/mol. The third-order valence-corrected chi connectivity index (χ3v) is 3.45. The summed E-state index contributed by atoms with van der Waals surface area (Å²) in [6, 6.07) is 10.2. The zero-order valence-corrected chi connectivity index (χ0v) is 13.5. The van der Waals surface area contributed by atoms with Gasteiger partial charge in [0.2, 0.25) is 0 Å². The van der Waals surface area contributed by atoms with Gasteiger partial charge in [-0.05, 0) is 34.1 Å². The lowest BCUT2D eigenvalue weighted by Gasteiger charge is -2.10. The quantitative estimate of drug-likeness (QED) is 0.379. The van der Waals surface area contributed by atoms with Crippen molar-refractivity contribution in [2.45, 2.75) is 6.92 Å². The summed E-state index contributed by atoms with van der Waals surface area (Å²) in [5.74, 6) is -0.909. The molecule has 23 heavy (non-hydrogen) atoms. The number of nitro groups is 1. The smallest absolute Gasteiger partial charge is 0.308 e. The molecule has 0 aliphatic rings. The van der Waals surface area contributed by atoms with Crippen LogP contribution in [0.2, 0.25) is 0 Å². The number of esters is 1. The highest BCUT2D eigenvalue weighted by molar-refractivity contribution is 9.10. The molecule has 2 rings (SSSR count). The number of ether oxygens (including phenoxy) is 1. The van der Waals surface area contributed by atoms with Crippen LogP contribution >= 0.6 is 15.9 Å². The fraction of sp³-hybridized carbons (Fsp3) is 0.0667. The Balaban J connectivity index is 2.26. The number of carbonyl (C=O) groups is 2. The Hall–Kier alpha value is -2.74. The van der Waals surface area contributed by atoms with Gasteiger partial charge in [0.15, 0.2) is 0 Å². The Morgan fingerprint density at radius 2 is 1.91 bits per heavy atom. The Kier molecular flexibility index (Phi) is 5.07. The molecular weight excluding hydrogens is 368 g/mol. The predicted molar refractivity (Wildman–Crippen MR) is 86.5 cm³/mol. The van der Waals surface area contributed by atoms with E-state index in [4.69, 9.17) is 4.74 Å². The molecule has 0 bridgehead atoms. The van der Waals surface area contributed by atoms with Crippen molar-refractivity contribution in [1.82, 2.24) is 0 Å². The molecule has 0 spiro atoms. The van der Waals surface area contributed by atoms with Crippen LogP contribution in [0, 0.1) is 10.1 Å². The van der Waals surface area contributed by atoms with E-state index in [1.807, 2.05) is 0 Å². The fourth-order valence-corrected chi connectivity index (χ4v) is 2.27. The minimum atomic E-state index is -0.540. The third-order valence-electron chi connectivity index (χ3n) is 2.80. The maximum absolute atomic E-state index is 12.3. The van der Waals surface area contributed by atoms with E-state index in [0.717, 1.165) is 0 Å². The summed E-state index contributed by atoms with van der Waals surface area (Å²) in [4.78, 5) is 33.6. The highest BCUT2D eigenvalue weighted by Crippen LogP contribution is 2.28. The van der Waals surface area contributed by atoms with Gasteiger partial charge in [-0.3, -0.25) is 19.7 Å². The highest BCUT2D eigenvalue weighted by Gasteiger charge is 2.16. The summed E-state index contributed by atoms with van der Waals surface area (Å²) in [5.41, 5.74) is 0.432. The number of hydrogen-bond acceptors (Lipinski definition) is 5. The van der Waals surface area contributed by atoms with Crippen molar-refractivity contribution in [3.63, 3.8) is 0 Å². The lowest BCUT2D eigenvalue weighted by Crippen LogP contribution is -2.15. The largest absolute Gasteiger partial charge is 0.426 e. The molecule has 0 atom stereocenters. The maximum atomic E-state index is 12.3. The summed E-state index contributed by atoms with van der Waals surface area (Å²) in [5, 5.41) is 13.3. The normalized spacial score (nSPS) is 10.0. The number of nitro benzene ring substituents is 1. The van der Waals surface area contributed by atoms with Gasteiger partial charge in [-0.1, -0.05) is 12.1 Å². The number of nitrogens with one attached hydrogen (secondary N) is 1. The van der Waals surface area contributed by atoms with Gasteiger partial charge < -0.3 is 10.1 Å². The van der Waals surface area contributed by atoms with E-state index < -0.39 is 16.8 Å². The van der Waals surface area contributed by atoms with Gasteiger partial charge in [-0.15, -0.1) is 0 Å². The first kappa shape index (κ1) is 16.6. The number of rotatable bonds is 4. The van der Waals surface area contributed by atoms with E-state index >= 15 is 0 Å². The van der Waals surface area contributed by atoms with Crippen molar-refractivity contribution in [1.29, 1.82) is 0 Å². The number of carbonyl (C=O) groups excluding carboxylic acids is 2. The molecule has 0 saturated carbocycles. The highest BCUT2D eigenvalue weighted by atomic mass is 79.9. The lowest BCUT2D eigenvalue weighted by atomic mass is 10.2. The number of nitrogens with zero attached hydrogens (tertiary/aromatic N) is 1. The molecule has 0 saturated heterocycles. The molecule has 118 valence electrons. The first-order valence-electron chi connectivity index (χ1n) is 6.41. The molecule has 7 nitrogen and oxygen atoms in total. The molecular formula is C15H11BrN2O5. The number of amides is 1. The molecule has 2 aromatic rings. The molecule has 1 N–H and O–H groups in total. The van der Waals surface area contributed by atoms with Crippen LogP contribution < -0.4 is 10.1 Å². The SMILES string of the molecule is CC(=O)Oc1ccccc1C(=O)Nc1ccc([N+](=O)[O-])cc1Br. The molecule has 2 aromatic carbocycles. The van der Waals surface area contributed by atoms with Crippen molar-refractivity contribution < 1.29 is 19.2 Å². The molecule has 0 aliphatic carbocycles.